The van der Waals surface area contributed by atoms with Crippen LogP contribution in [0.15, 0.2) is 16.6 Å². The molecule has 0 spiro atoms. The molecule has 1 rings (SSSR count). The van der Waals surface area contributed by atoms with Gasteiger partial charge >= 0.3 is 0 Å². The van der Waals surface area contributed by atoms with Crippen LogP contribution >= 0.6 is 28.1 Å². The minimum absolute atomic E-state index is 0.186. The molecule has 0 bridgehead atoms. The molecule has 1 amide bonds. The van der Waals surface area contributed by atoms with Gasteiger partial charge in [-0.25, -0.2) is 0 Å². The predicted octanol–water partition coefficient (Wildman–Crippen LogP) is 3.32. The Labute approximate surface area is 121 Å². The van der Waals surface area contributed by atoms with E-state index in [9.17, 15) is 4.79 Å². The lowest BCUT2D eigenvalue weighted by Crippen LogP contribution is -2.41. The molecule has 3 N–H and O–H groups in total. The van der Waals surface area contributed by atoms with Crippen LogP contribution in [0, 0.1) is 19.3 Å². The monoisotopic (exact) mass is 328 g/mol. The largest absolute Gasteiger partial charge is 0.392 e. The van der Waals surface area contributed by atoms with Crippen LogP contribution in [0.5, 0.6) is 0 Å². The molecule has 98 valence electrons. The van der Waals surface area contributed by atoms with E-state index in [1.165, 1.54) is 0 Å². The average molecular weight is 329 g/mol. The van der Waals surface area contributed by atoms with Crippen LogP contribution in [0.3, 0.4) is 0 Å². The van der Waals surface area contributed by atoms with Gasteiger partial charge in [-0.1, -0.05) is 28.1 Å². The zero-order valence-corrected chi connectivity index (χ0v) is 13.3. The summed E-state index contributed by atoms with van der Waals surface area (Å²) < 4.78 is 1.05. The number of carbonyl (C=O) groups excluding carboxylic acids is 1. The molecule has 0 unspecified atom stereocenters. The Bertz CT molecular complexity index is 489. The van der Waals surface area contributed by atoms with E-state index in [1.807, 2.05) is 26.0 Å². The second-order valence-corrected chi connectivity index (χ2v) is 6.10. The van der Waals surface area contributed by atoms with Gasteiger partial charge in [0, 0.05) is 10.2 Å². The molecule has 0 aromatic heterocycles. The van der Waals surface area contributed by atoms with Gasteiger partial charge in [-0.05, 0) is 51.0 Å². The predicted molar refractivity (Wildman–Crippen MR) is 82.8 cm³/mol. The van der Waals surface area contributed by atoms with Gasteiger partial charge in [0.15, 0.2) is 0 Å². The number of halogens is 1. The molecule has 0 fully saturated rings. The van der Waals surface area contributed by atoms with Crippen molar-refractivity contribution >= 4 is 44.7 Å². The van der Waals surface area contributed by atoms with Gasteiger partial charge in [0.25, 0.3) is 0 Å². The van der Waals surface area contributed by atoms with Gasteiger partial charge in [0.1, 0.15) is 0 Å². The van der Waals surface area contributed by atoms with Crippen molar-refractivity contribution < 1.29 is 4.79 Å². The number of thiocarbonyl (C=S) groups is 1. The molecule has 18 heavy (non-hydrogen) atoms. The van der Waals surface area contributed by atoms with E-state index in [-0.39, 0.29) is 10.9 Å². The topological polar surface area (TPSA) is 55.1 Å². The molecule has 0 aliphatic rings. The summed E-state index contributed by atoms with van der Waals surface area (Å²) in [6.07, 6.45) is 0. The van der Waals surface area contributed by atoms with Crippen LogP contribution < -0.4 is 11.1 Å². The maximum Gasteiger partial charge on any atom is 0.236 e. The van der Waals surface area contributed by atoms with Crippen molar-refractivity contribution in [1.29, 1.82) is 0 Å². The van der Waals surface area contributed by atoms with Gasteiger partial charge in [-0.3, -0.25) is 4.79 Å². The van der Waals surface area contributed by atoms with Crippen molar-refractivity contribution in [3.8, 4) is 0 Å². The van der Waals surface area contributed by atoms with Crippen LogP contribution in [0.1, 0.15) is 25.0 Å². The fourth-order valence-corrected chi connectivity index (χ4v) is 1.74. The third-order valence-corrected chi connectivity index (χ3v) is 4.64. The van der Waals surface area contributed by atoms with E-state index in [0.717, 1.165) is 21.3 Å². The molecule has 5 heteroatoms. The number of nitrogens with one attached hydrogen (secondary N) is 1. The smallest absolute Gasteiger partial charge is 0.236 e. The highest BCUT2D eigenvalue weighted by molar-refractivity contribution is 9.10. The summed E-state index contributed by atoms with van der Waals surface area (Å²) in [4.78, 5) is 12.3. The minimum Gasteiger partial charge on any atom is -0.392 e. The quantitative estimate of drug-likeness (QED) is 0.837. The maximum atomic E-state index is 12.1. The summed E-state index contributed by atoms with van der Waals surface area (Å²) in [7, 11) is 0. The molecule has 0 saturated carbocycles. The Hall–Kier alpha value is -0.940. The molecule has 3 nitrogen and oxygen atoms in total. The van der Waals surface area contributed by atoms with E-state index in [4.69, 9.17) is 18.0 Å². The molecule has 0 saturated heterocycles. The lowest BCUT2D eigenvalue weighted by atomic mass is 9.92. The first-order valence-corrected chi connectivity index (χ1v) is 6.74. The summed E-state index contributed by atoms with van der Waals surface area (Å²) in [5.74, 6) is -0.198. The molecule has 0 atom stereocenters. The highest BCUT2D eigenvalue weighted by Gasteiger charge is 2.30. The first-order valence-electron chi connectivity index (χ1n) is 5.54. The Balaban J connectivity index is 3.00. The number of nitrogens with two attached hydrogens (primary N) is 1. The van der Waals surface area contributed by atoms with E-state index < -0.39 is 5.41 Å². The zero-order valence-electron chi connectivity index (χ0n) is 10.9. The molecule has 0 heterocycles. The molecule has 0 radical (unpaired) electrons. The van der Waals surface area contributed by atoms with Gasteiger partial charge < -0.3 is 11.1 Å². The van der Waals surface area contributed by atoms with Crippen LogP contribution in [-0.4, -0.2) is 10.9 Å². The fraction of sp³-hybridized carbons (Fsp3) is 0.385. The van der Waals surface area contributed by atoms with E-state index in [0.29, 0.717) is 0 Å². The standard InChI is InChI=1S/C13H17BrN2OS/c1-7-5-9(6-8(2)10(7)14)16-12(17)13(3,4)11(15)18/h5-6H,1-4H3,(H2,15,18)(H,16,17). The third kappa shape index (κ3) is 3.09. The third-order valence-electron chi connectivity index (χ3n) is 2.88. The Morgan fingerprint density at radius 2 is 1.78 bits per heavy atom. The van der Waals surface area contributed by atoms with Crippen LogP contribution in [0.4, 0.5) is 5.69 Å². The highest BCUT2D eigenvalue weighted by Crippen LogP contribution is 2.26. The second-order valence-electron chi connectivity index (χ2n) is 4.87. The fourth-order valence-electron chi connectivity index (χ4n) is 1.42. The van der Waals surface area contributed by atoms with Crippen LogP contribution in [-0.2, 0) is 4.79 Å². The van der Waals surface area contributed by atoms with Crippen molar-refractivity contribution in [3.05, 3.63) is 27.7 Å². The number of aryl methyl sites for hydroxylation is 2. The average Bonchev–Trinajstić information content (AvgIpc) is 2.25. The van der Waals surface area contributed by atoms with Gasteiger partial charge in [0.05, 0.1) is 10.4 Å². The van der Waals surface area contributed by atoms with Gasteiger partial charge in [-0.2, -0.15) is 0 Å². The SMILES string of the molecule is Cc1cc(NC(=O)C(C)(C)C(N)=S)cc(C)c1Br. The van der Waals surface area contributed by atoms with Gasteiger partial charge in [0.2, 0.25) is 5.91 Å². The van der Waals surface area contributed by atoms with E-state index >= 15 is 0 Å². The minimum atomic E-state index is -0.857. The number of benzene rings is 1. The highest BCUT2D eigenvalue weighted by atomic mass is 79.9. The second kappa shape index (κ2) is 5.36. The maximum absolute atomic E-state index is 12.1. The lowest BCUT2D eigenvalue weighted by molar-refractivity contribution is -0.121. The van der Waals surface area contributed by atoms with Crippen molar-refractivity contribution in [2.24, 2.45) is 11.1 Å². The number of rotatable bonds is 3. The normalized spacial score (nSPS) is 11.2. The first-order chi connectivity index (χ1) is 8.16. The molecule has 1 aromatic carbocycles. The Morgan fingerprint density at radius 3 is 2.17 bits per heavy atom. The van der Waals surface area contributed by atoms with Gasteiger partial charge in [-0.15, -0.1) is 0 Å². The number of carbonyl (C=O) groups is 1. The number of hydrogen-bond acceptors (Lipinski definition) is 2. The summed E-state index contributed by atoms with van der Waals surface area (Å²) in [6, 6.07) is 3.81. The summed E-state index contributed by atoms with van der Waals surface area (Å²) in [6.45, 7) is 7.38. The van der Waals surface area contributed by atoms with Crippen LogP contribution in [0.25, 0.3) is 0 Å². The first kappa shape index (κ1) is 15.1. The number of hydrogen-bond donors (Lipinski definition) is 2. The number of amides is 1. The van der Waals surface area contributed by atoms with Crippen LogP contribution in [0.2, 0.25) is 0 Å². The number of anilines is 1. The summed E-state index contributed by atoms with van der Waals surface area (Å²) >= 11 is 8.39. The summed E-state index contributed by atoms with van der Waals surface area (Å²) in [5.41, 5.74) is 7.60. The zero-order chi connectivity index (χ0) is 14.1. The lowest BCUT2D eigenvalue weighted by Gasteiger charge is -2.22. The van der Waals surface area contributed by atoms with E-state index in [2.05, 4.69) is 21.2 Å². The Kier molecular flexibility index (Phi) is 4.50. The van der Waals surface area contributed by atoms with Crippen molar-refractivity contribution in [3.63, 3.8) is 0 Å². The molecule has 0 aliphatic carbocycles. The van der Waals surface area contributed by atoms with Crippen molar-refractivity contribution in [2.45, 2.75) is 27.7 Å². The van der Waals surface area contributed by atoms with Crippen molar-refractivity contribution in [1.82, 2.24) is 0 Å². The molecular formula is C13H17BrN2OS. The molecule has 1 aromatic rings. The molecule has 0 aliphatic heterocycles. The van der Waals surface area contributed by atoms with Crippen molar-refractivity contribution in [2.75, 3.05) is 5.32 Å². The Morgan fingerprint density at radius 1 is 1.33 bits per heavy atom. The molecular weight excluding hydrogens is 312 g/mol. The summed E-state index contributed by atoms with van der Waals surface area (Å²) in [5, 5.41) is 2.85. The van der Waals surface area contributed by atoms with E-state index in [1.54, 1.807) is 13.8 Å².